The zero-order valence-electron chi connectivity index (χ0n) is 10.7. The van der Waals surface area contributed by atoms with E-state index in [-0.39, 0.29) is 0 Å². The zero-order chi connectivity index (χ0) is 13.3. The molecule has 1 aliphatic rings. The number of aryl methyl sites for hydroxylation is 1. The van der Waals surface area contributed by atoms with Crippen LogP contribution in [0.25, 0.3) is 0 Å². The third kappa shape index (κ3) is 2.53. The van der Waals surface area contributed by atoms with Crippen molar-refractivity contribution in [2.75, 3.05) is 11.4 Å². The second-order valence-corrected chi connectivity index (χ2v) is 5.87. The van der Waals surface area contributed by atoms with Gasteiger partial charge in [0, 0.05) is 17.1 Å². The van der Waals surface area contributed by atoms with E-state index >= 15 is 0 Å². The van der Waals surface area contributed by atoms with Crippen LogP contribution in [0.2, 0.25) is 0 Å². The lowest BCUT2D eigenvalue weighted by molar-refractivity contribution is 0.0696. The second-order valence-electron chi connectivity index (χ2n) is 5.02. The SMILES string of the molecule is CC(C)N1CCCCc2cc(C(=O)O)cc(Br)c21. The van der Waals surface area contributed by atoms with Crippen molar-refractivity contribution in [1.29, 1.82) is 0 Å². The van der Waals surface area contributed by atoms with Crippen molar-refractivity contribution in [3.05, 3.63) is 27.7 Å². The minimum atomic E-state index is -0.862. The number of carboxylic acid groups (broad SMARTS) is 1. The number of halogens is 1. The Morgan fingerprint density at radius 3 is 2.72 bits per heavy atom. The topological polar surface area (TPSA) is 40.5 Å². The molecule has 0 saturated heterocycles. The molecule has 2 rings (SSSR count). The average Bonchev–Trinajstić information content (AvgIpc) is 2.51. The third-order valence-electron chi connectivity index (χ3n) is 3.39. The molecule has 0 amide bonds. The molecule has 1 aliphatic heterocycles. The van der Waals surface area contributed by atoms with Gasteiger partial charge in [0.15, 0.2) is 0 Å². The lowest BCUT2D eigenvalue weighted by atomic mass is 10.0. The highest BCUT2D eigenvalue weighted by Crippen LogP contribution is 2.36. The molecule has 0 unspecified atom stereocenters. The van der Waals surface area contributed by atoms with E-state index in [9.17, 15) is 4.79 Å². The Morgan fingerprint density at radius 2 is 2.11 bits per heavy atom. The Kier molecular flexibility index (Phi) is 3.95. The fraction of sp³-hybridized carbons (Fsp3) is 0.500. The van der Waals surface area contributed by atoms with Crippen molar-refractivity contribution in [3.8, 4) is 0 Å². The Bertz CT molecular complexity index is 471. The number of benzene rings is 1. The van der Waals surface area contributed by atoms with Gasteiger partial charge < -0.3 is 10.0 Å². The van der Waals surface area contributed by atoms with Gasteiger partial charge in [-0.05, 0) is 66.7 Å². The van der Waals surface area contributed by atoms with Gasteiger partial charge in [-0.3, -0.25) is 0 Å². The monoisotopic (exact) mass is 311 g/mol. The van der Waals surface area contributed by atoms with Crippen LogP contribution < -0.4 is 4.90 Å². The first-order valence-corrected chi connectivity index (χ1v) is 7.12. The smallest absolute Gasteiger partial charge is 0.335 e. The average molecular weight is 312 g/mol. The Morgan fingerprint density at radius 1 is 1.39 bits per heavy atom. The van der Waals surface area contributed by atoms with Gasteiger partial charge in [0.25, 0.3) is 0 Å². The molecule has 0 atom stereocenters. The molecule has 1 heterocycles. The van der Waals surface area contributed by atoms with Gasteiger partial charge in [-0.1, -0.05) is 0 Å². The highest BCUT2D eigenvalue weighted by Gasteiger charge is 2.22. The molecule has 1 aromatic carbocycles. The molecule has 98 valence electrons. The summed E-state index contributed by atoms with van der Waals surface area (Å²) in [4.78, 5) is 13.5. The van der Waals surface area contributed by atoms with E-state index in [1.165, 1.54) is 5.69 Å². The highest BCUT2D eigenvalue weighted by atomic mass is 79.9. The fourth-order valence-electron chi connectivity index (χ4n) is 2.52. The number of carboxylic acids is 1. The molecule has 0 aliphatic carbocycles. The molecular weight excluding hydrogens is 294 g/mol. The Labute approximate surface area is 116 Å². The molecule has 0 spiro atoms. The van der Waals surface area contributed by atoms with E-state index in [1.54, 1.807) is 6.07 Å². The number of rotatable bonds is 2. The molecule has 0 bridgehead atoms. The summed E-state index contributed by atoms with van der Waals surface area (Å²) in [6.07, 6.45) is 3.23. The summed E-state index contributed by atoms with van der Waals surface area (Å²) in [5.41, 5.74) is 2.69. The fourth-order valence-corrected chi connectivity index (χ4v) is 3.25. The van der Waals surface area contributed by atoms with E-state index < -0.39 is 5.97 Å². The summed E-state index contributed by atoms with van der Waals surface area (Å²) < 4.78 is 0.896. The van der Waals surface area contributed by atoms with Crippen LogP contribution in [0.3, 0.4) is 0 Å². The molecule has 18 heavy (non-hydrogen) atoms. The van der Waals surface area contributed by atoms with Crippen LogP contribution in [0.15, 0.2) is 16.6 Å². The van der Waals surface area contributed by atoms with Crippen molar-refractivity contribution >= 4 is 27.6 Å². The quantitative estimate of drug-likeness (QED) is 0.905. The van der Waals surface area contributed by atoms with E-state index in [0.29, 0.717) is 11.6 Å². The molecule has 3 nitrogen and oxygen atoms in total. The van der Waals surface area contributed by atoms with Crippen molar-refractivity contribution in [2.24, 2.45) is 0 Å². The number of hydrogen-bond donors (Lipinski definition) is 1. The molecule has 0 saturated carbocycles. The molecule has 0 radical (unpaired) electrons. The van der Waals surface area contributed by atoms with Gasteiger partial charge in [0.1, 0.15) is 0 Å². The summed E-state index contributed by atoms with van der Waals surface area (Å²) in [6.45, 7) is 5.38. The van der Waals surface area contributed by atoms with Crippen molar-refractivity contribution in [2.45, 2.75) is 39.2 Å². The lowest BCUT2D eigenvalue weighted by Gasteiger charge is -2.30. The standard InChI is InChI=1S/C14H18BrNO2/c1-9(2)16-6-4-3-5-10-7-11(14(17)18)8-12(15)13(10)16/h7-9H,3-6H2,1-2H3,(H,17,18). The van der Waals surface area contributed by atoms with Gasteiger partial charge in [-0.15, -0.1) is 0 Å². The number of fused-ring (bicyclic) bond motifs is 1. The van der Waals surface area contributed by atoms with E-state index in [4.69, 9.17) is 5.11 Å². The molecule has 1 aromatic rings. The number of aromatic carboxylic acids is 1. The van der Waals surface area contributed by atoms with Crippen LogP contribution in [0.4, 0.5) is 5.69 Å². The lowest BCUT2D eigenvalue weighted by Crippen LogP contribution is -2.31. The van der Waals surface area contributed by atoms with Gasteiger partial charge in [0.05, 0.1) is 11.3 Å². The number of carbonyl (C=O) groups is 1. The second kappa shape index (κ2) is 5.31. The van der Waals surface area contributed by atoms with Crippen LogP contribution in [0, 0.1) is 0 Å². The predicted octanol–water partition coefficient (Wildman–Crippen LogP) is 3.70. The number of nitrogens with zero attached hydrogens (tertiary/aromatic N) is 1. The summed E-state index contributed by atoms with van der Waals surface area (Å²) in [5, 5.41) is 9.12. The van der Waals surface area contributed by atoms with Crippen LogP contribution in [0.5, 0.6) is 0 Å². The van der Waals surface area contributed by atoms with Gasteiger partial charge in [0.2, 0.25) is 0 Å². The number of anilines is 1. The number of hydrogen-bond acceptors (Lipinski definition) is 2. The van der Waals surface area contributed by atoms with E-state index in [2.05, 4.69) is 34.7 Å². The van der Waals surface area contributed by atoms with Crippen LogP contribution >= 0.6 is 15.9 Å². The van der Waals surface area contributed by atoms with Crippen LogP contribution in [-0.4, -0.2) is 23.7 Å². The Balaban J connectivity index is 2.54. The summed E-state index contributed by atoms with van der Waals surface area (Å²) >= 11 is 3.54. The zero-order valence-corrected chi connectivity index (χ0v) is 12.3. The first-order chi connectivity index (χ1) is 8.50. The molecule has 0 aromatic heterocycles. The highest BCUT2D eigenvalue weighted by molar-refractivity contribution is 9.10. The van der Waals surface area contributed by atoms with Gasteiger partial charge in [-0.25, -0.2) is 4.79 Å². The first kappa shape index (κ1) is 13.4. The third-order valence-corrected chi connectivity index (χ3v) is 4.00. The van der Waals surface area contributed by atoms with Gasteiger partial charge >= 0.3 is 5.97 Å². The maximum atomic E-state index is 11.1. The van der Waals surface area contributed by atoms with E-state index in [0.717, 1.165) is 35.8 Å². The van der Waals surface area contributed by atoms with Crippen LogP contribution in [-0.2, 0) is 6.42 Å². The van der Waals surface area contributed by atoms with Crippen LogP contribution in [0.1, 0.15) is 42.6 Å². The predicted molar refractivity (Wildman–Crippen MR) is 76.5 cm³/mol. The van der Waals surface area contributed by atoms with Crippen molar-refractivity contribution < 1.29 is 9.90 Å². The molecule has 0 fully saturated rings. The largest absolute Gasteiger partial charge is 0.478 e. The summed E-state index contributed by atoms with van der Waals surface area (Å²) in [7, 11) is 0. The van der Waals surface area contributed by atoms with Crippen molar-refractivity contribution in [1.82, 2.24) is 0 Å². The summed E-state index contributed by atoms with van der Waals surface area (Å²) in [6, 6.07) is 3.96. The molecule has 4 heteroatoms. The minimum absolute atomic E-state index is 0.367. The van der Waals surface area contributed by atoms with E-state index in [1.807, 2.05) is 6.07 Å². The summed E-state index contributed by atoms with van der Waals surface area (Å²) in [5.74, 6) is -0.862. The normalized spacial score (nSPS) is 15.4. The maximum absolute atomic E-state index is 11.1. The van der Waals surface area contributed by atoms with Crippen molar-refractivity contribution in [3.63, 3.8) is 0 Å². The Hall–Kier alpha value is -1.03. The first-order valence-electron chi connectivity index (χ1n) is 6.33. The van der Waals surface area contributed by atoms with Gasteiger partial charge in [-0.2, -0.15) is 0 Å². The molecule has 1 N–H and O–H groups in total. The minimum Gasteiger partial charge on any atom is -0.478 e. The molecular formula is C14H18BrNO2. The maximum Gasteiger partial charge on any atom is 0.335 e.